The molecule has 0 radical (unpaired) electrons. The molecule has 1 N–H and O–H groups in total. The first-order valence-corrected chi connectivity index (χ1v) is 9.28. The van der Waals surface area contributed by atoms with Crippen molar-refractivity contribution in [3.05, 3.63) is 34.6 Å². The van der Waals surface area contributed by atoms with Crippen LogP contribution in [0.15, 0.2) is 33.3 Å². The van der Waals surface area contributed by atoms with E-state index in [2.05, 4.69) is 31.4 Å². The molecule has 0 bridgehead atoms. The molecule has 2 amide bonds. The van der Waals surface area contributed by atoms with Crippen LogP contribution >= 0.6 is 15.9 Å². The standard InChI is InChI=1S/C18H23BrN4O2/c1-18(2,3)21-17(24)23-10-8-13(9-11-23)16-20-15(22-25-16)12-4-6-14(19)7-5-12/h4-7,13H,8-11H2,1-3H3,(H,21,24). The number of urea groups is 1. The van der Waals surface area contributed by atoms with Crippen molar-refractivity contribution in [3.8, 4) is 11.4 Å². The molecule has 3 rings (SSSR count). The lowest BCUT2D eigenvalue weighted by Gasteiger charge is -2.33. The van der Waals surface area contributed by atoms with Gasteiger partial charge in [-0.05, 0) is 57.9 Å². The molecule has 1 saturated heterocycles. The van der Waals surface area contributed by atoms with Crippen LogP contribution in [0.1, 0.15) is 45.4 Å². The molecular weight excluding hydrogens is 384 g/mol. The molecule has 7 heteroatoms. The molecule has 6 nitrogen and oxygen atoms in total. The van der Waals surface area contributed by atoms with E-state index in [4.69, 9.17) is 4.52 Å². The third kappa shape index (κ3) is 4.60. The van der Waals surface area contributed by atoms with E-state index in [9.17, 15) is 4.79 Å². The van der Waals surface area contributed by atoms with Gasteiger partial charge < -0.3 is 14.7 Å². The van der Waals surface area contributed by atoms with Crippen molar-refractivity contribution >= 4 is 22.0 Å². The topological polar surface area (TPSA) is 71.3 Å². The van der Waals surface area contributed by atoms with Crippen LogP contribution in [0.3, 0.4) is 0 Å². The highest BCUT2D eigenvalue weighted by molar-refractivity contribution is 9.10. The van der Waals surface area contributed by atoms with E-state index < -0.39 is 0 Å². The maximum Gasteiger partial charge on any atom is 0.317 e. The summed E-state index contributed by atoms with van der Waals surface area (Å²) in [7, 11) is 0. The monoisotopic (exact) mass is 406 g/mol. The lowest BCUT2D eigenvalue weighted by Crippen LogP contribution is -2.50. The highest BCUT2D eigenvalue weighted by Gasteiger charge is 2.28. The van der Waals surface area contributed by atoms with Crippen LogP contribution in [-0.4, -0.2) is 39.7 Å². The molecule has 25 heavy (non-hydrogen) atoms. The number of nitrogens with one attached hydrogen (secondary N) is 1. The van der Waals surface area contributed by atoms with E-state index in [-0.39, 0.29) is 17.5 Å². The third-order valence-electron chi connectivity index (χ3n) is 4.16. The maximum atomic E-state index is 12.2. The van der Waals surface area contributed by atoms with Crippen LogP contribution in [0.2, 0.25) is 0 Å². The summed E-state index contributed by atoms with van der Waals surface area (Å²) in [6, 6.07) is 7.82. The molecule has 2 aromatic rings. The Morgan fingerprint density at radius 2 is 1.88 bits per heavy atom. The fourth-order valence-electron chi connectivity index (χ4n) is 2.85. The summed E-state index contributed by atoms with van der Waals surface area (Å²) in [5, 5.41) is 7.10. The number of hydrogen-bond acceptors (Lipinski definition) is 4. The van der Waals surface area contributed by atoms with Gasteiger partial charge in [0.2, 0.25) is 11.7 Å². The van der Waals surface area contributed by atoms with Crippen molar-refractivity contribution in [1.29, 1.82) is 0 Å². The summed E-state index contributed by atoms with van der Waals surface area (Å²) in [4.78, 5) is 18.6. The van der Waals surface area contributed by atoms with E-state index in [0.717, 1.165) is 22.9 Å². The van der Waals surface area contributed by atoms with Gasteiger partial charge in [-0.2, -0.15) is 4.98 Å². The SMILES string of the molecule is CC(C)(C)NC(=O)N1CCC(c2nc(-c3ccc(Br)cc3)no2)CC1. The zero-order valence-electron chi connectivity index (χ0n) is 14.8. The zero-order chi connectivity index (χ0) is 18.0. The molecule has 2 heterocycles. The first-order chi connectivity index (χ1) is 11.8. The minimum Gasteiger partial charge on any atom is -0.339 e. The minimum absolute atomic E-state index is 0.00738. The fraction of sp³-hybridized carbons (Fsp3) is 0.500. The summed E-state index contributed by atoms with van der Waals surface area (Å²) >= 11 is 3.42. The quantitative estimate of drug-likeness (QED) is 0.811. The number of nitrogens with zero attached hydrogens (tertiary/aromatic N) is 3. The maximum absolute atomic E-state index is 12.2. The number of piperidine rings is 1. The summed E-state index contributed by atoms with van der Waals surface area (Å²) in [5.74, 6) is 1.47. The summed E-state index contributed by atoms with van der Waals surface area (Å²) in [6.45, 7) is 7.35. The van der Waals surface area contributed by atoms with Gasteiger partial charge in [0, 0.05) is 34.6 Å². The predicted octanol–water partition coefficient (Wildman–Crippen LogP) is 4.19. The molecule has 1 aliphatic rings. The smallest absolute Gasteiger partial charge is 0.317 e. The highest BCUT2D eigenvalue weighted by atomic mass is 79.9. The number of benzene rings is 1. The van der Waals surface area contributed by atoms with E-state index in [1.165, 1.54) is 0 Å². The number of likely N-dealkylation sites (tertiary alicyclic amines) is 1. The highest BCUT2D eigenvalue weighted by Crippen LogP contribution is 2.29. The van der Waals surface area contributed by atoms with E-state index in [0.29, 0.717) is 24.8 Å². The Balaban J connectivity index is 1.60. The second kappa shape index (κ2) is 7.15. The van der Waals surface area contributed by atoms with Gasteiger partial charge in [0.1, 0.15) is 0 Å². The normalized spacial score (nSPS) is 16.1. The van der Waals surface area contributed by atoms with Gasteiger partial charge in [0.15, 0.2) is 0 Å². The number of hydrogen-bond donors (Lipinski definition) is 1. The second-order valence-electron chi connectivity index (χ2n) is 7.40. The number of rotatable bonds is 2. The minimum atomic E-state index is -0.222. The van der Waals surface area contributed by atoms with Crippen molar-refractivity contribution < 1.29 is 9.32 Å². The van der Waals surface area contributed by atoms with E-state index in [1.807, 2.05) is 49.9 Å². The molecule has 1 fully saturated rings. The molecule has 134 valence electrons. The third-order valence-corrected chi connectivity index (χ3v) is 4.69. The fourth-order valence-corrected chi connectivity index (χ4v) is 3.11. The Labute approximate surface area is 156 Å². The van der Waals surface area contributed by atoms with E-state index >= 15 is 0 Å². The molecule has 0 aliphatic carbocycles. The van der Waals surface area contributed by atoms with Gasteiger partial charge in [-0.3, -0.25) is 0 Å². The van der Waals surface area contributed by atoms with Crippen LogP contribution in [0.5, 0.6) is 0 Å². The number of amides is 2. The Bertz CT molecular complexity index is 728. The van der Waals surface area contributed by atoms with Crippen LogP contribution in [-0.2, 0) is 0 Å². The Kier molecular flexibility index (Phi) is 5.13. The number of carbonyl (C=O) groups excluding carboxylic acids is 1. The van der Waals surface area contributed by atoms with Crippen molar-refractivity contribution in [2.24, 2.45) is 0 Å². The molecule has 0 unspecified atom stereocenters. The number of halogens is 1. The summed E-state index contributed by atoms with van der Waals surface area (Å²) in [6.07, 6.45) is 1.67. The van der Waals surface area contributed by atoms with Gasteiger partial charge in [-0.1, -0.05) is 21.1 Å². The van der Waals surface area contributed by atoms with Crippen LogP contribution < -0.4 is 5.32 Å². The van der Waals surface area contributed by atoms with E-state index in [1.54, 1.807) is 0 Å². The molecule has 0 spiro atoms. The van der Waals surface area contributed by atoms with Crippen LogP contribution in [0.4, 0.5) is 4.79 Å². The van der Waals surface area contributed by atoms with Crippen molar-refractivity contribution in [2.45, 2.75) is 45.1 Å². The van der Waals surface area contributed by atoms with Crippen molar-refractivity contribution in [2.75, 3.05) is 13.1 Å². The van der Waals surface area contributed by atoms with Gasteiger partial charge in [0.25, 0.3) is 0 Å². The molecular formula is C18H23BrN4O2. The average molecular weight is 407 g/mol. The van der Waals surface area contributed by atoms with Gasteiger partial charge in [-0.25, -0.2) is 4.79 Å². The summed E-state index contributed by atoms with van der Waals surface area (Å²) < 4.78 is 6.49. The molecule has 0 atom stereocenters. The lowest BCUT2D eigenvalue weighted by atomic mass is 9.97. The Morgan fingerprint density at radius 3 is 2.48 bits per heavy atom. The van der Waals surface area contributed by atoms with Crippen molar-refractivity contribution in [3.63, 3.8) is 0 Å². The Hall–Kier alpha value is -1.89. The first kappa shape index (κ1) is 17.9. The predicted molar refractivity (Wildman–Crippen MR) is 99.3 cm³/mol. The largest absolute Gasteiger partial charge is 0.339 e. The van der Waals surface area contributed by atoms with Crippen LogP contribution in [0, 0.1) is 0 Å². The zero-order valence-corrected chi connectivity index (χ0v) is 16.3. The van der Waals surface area contributed by atoms with Crippen molar-refractivity contribution in [1.82, 2.24) is 20.4 Å². The molecule has 1 aromatic heterocycles. The van der Waals surface area contributed by atoms with Gasteiger partial charge in [-0.15, -0.1) is 0 Å². The Morgan fingerprint density at radius 1 is 1.24 bits per heavy atom. The molecule has 1 aliphatic heterocycles. The molecule has 0 saturated carbocycles. The van der Waals surface area contributed by atoms with Crippen LogP contribution in [0.25, 0.3) is 11.4 Å². The lowest BCUT2D eigenvalue weighted by molar-refractivity contribution is 0.167. The number of aromatic nitrogens is 2. The van der Waals surface area contributed by atoms with Gasteiger partial charge in [0.05, 0.1) is 0 Å². The molecule has 1 aromatic carbocycles. The second-order valence-corrected chi connectivity index (χ2v) is 8.32. The summed E-state index contributed by atoms with van der Waals surface area (Å²) in [5.41, 5.74) is 0.709. The number of carbonyl (C=O) groups is 1. The average Bonchev–Trinajstić information content (AvgIpc) is 3.04. The first-order valence-electron chi connectivity index (χ1n) is 8.48. The van der Waals surface area contributed by atoms with Gasteiger partial charge >= 0.3 is 6.03 Å².